The van der Waals surface area contributed by atoms with Crippen LogP contribution in [0.15, 0.2) is 4.99 Å². The molecule has 23 heavy (non-hydrogen) atoms. The summed E-state index contributed by atoms with van der Waals surface area (Å²) in [6.07, 6.45) is 14.0. The van der Waals surface area contributed by atoms with Gasteiger partial charge < -0.3 is 22.8 Å². The summed E-state index contributed by atoms with van der Waals surface area (Å²) in [5.41, 5.74) is 0. The molecule has 0 heterocycles. The van der Waals surface area contributed by atoms with E-state index in [1.165, 1.54) is 64.2 Å². The van der Waals surface area contributed by atoms with Gasteiger partial charge in [0.15, 0.2) is 0 Å². The fraction of sp³-hybridized carbons (Fsp3) is 0.944. The molecule has 0 fully saturated rings. The number of aliphatic imine (C=N–C) groups is 1. The molecule has 4 nitrogen and oxygen atoms in total. The Balaban J connectivity index is 0. The second-order valence-corrected chi connectivity index (χ2v) is 6.09. The first-order valence-electron chi connectivity index (χ1n) is 9.57. The minimum atomic E-state index is 0. The quantitative estimate of drug-likeness (QED) is 0.218. The number of aliphatic hydroxyl groups excluding tert-OH is 1. The standard InChI is InChI=1S/C18H39N3O.ClH/c1-3-5-7-8-9-10-11-12-15-20-18(19-14-6-4-2)21-16-13-17-22;/h22H,3-17H2,1-2H3,(H2,19,20,21);1H. The molecular formula is C18H40ClN3O. The topological polar surface area (TPSA) is 61.2 Å². The number of hydrogen-bond acceptors (Lipinski definition) is 2. The molecule has 0 radical (unpaired) electrons. The predicted octanol–water partition coefficient (Wildman–Crippen LogP) is -0.177. The van der Waals surface area contributed by atoms with Gasteiger partial charge in [0.2, 0.25) is 0 Å². The first-order valence-corrected chi connectivity index (χ1v) is 9.57. The summed E-state index contributed by atoms with van der Waals surface area (Å²) in [4.78, 5) is 4.54. The molecular weight excluding hydrogens is 310 g/mol. The van der Waals surface area contributed by atoms with Crippen LogP contribution in [0.2, 0.25) is 0 Å². The third kappa shape index (κ3) is 19.6. The monoisotopic (exact) mass is 349 g/mol. The van der Waals surface area contributed by atoms with Gasteiger partial charge in [-0.1, -0.05) is 65.2 Å². The molecule has 0 rings (SSSR count). The molecule has 0 aliphatic carbocycles. The molecule has 0 atom stereocenters. The molecule has 140 valence electrons. The number of guanidine groups is 1. The van der Waals surface area contributed by atoms with E-state index in [2.05, 4.69) is 29.5 Å². The van der Waals surface area contributed by atoms with Gasteiger partial charge in [0.1, 0.15) is 0 Å². The summed E-state index contributed by atoms with van der Waals surface area (Å²) in [6, 6.07) is 0. The van der Waals surface area contributed by atoms with Gasteiger partial charge in [0.25, 0.3) is 5.96 Å². The third-order valence-corrected chi connectivity index (χ3v) is 3.83. The first kappa shape index (κ1) is 24.9. The van der Waals surface area contributed by atoms with E-state index in [-0.39, 0.29) is 19.0 Å². The van der Waals surface area contributed by atoms with Gasteiger partial charge in [0.05, 0.1) is 6.54 Å². The molecule has 0 bridgehead atoms. The van der Waals surface area contributed by atoms with E-state index in [0.717, 1.165) is 32.0 Å². The summed E-state index contributed by atoms with van der Waals surface area (Å²) in [7, 11) is 0. The molecule has 0 spiro atoms. The van der Waals surface area contributed by atoms with Crippen LogP contribution in [-0.2, 0) is 0 Å². The van der Waals surface area contributed by atoms with Gasteiger partial charge in [-0.2, -0.15) is 0 Å². The molecule has 0 saturated heterocycles. The Hall–Kier alpha value is -0.320. The van der Waals surface area contributed by atoms with Crippen molar-refractivity contribution in [3.05, 3.63) is 0 Å². The molecule has 4 N–H and O–H groups in total. The number of halogens is 1. The van der Waals surface area contributed by atoms with E-state index in [0.29, 0.717) is 0 Å². The lowest BCUT2D eigenvalue weighted by Crippen LogP contribution is -3.00. The largest absolute Gasteiger partial charge is 1.00 e. The van der Waals surface area contributed by atoms with Crippen molar-refractivity contribution in [2.24, 2.45) is 4.99 Å². The molecule has 0 aromatic carbocycles. The predicted molar refractivity (Wildman–Crippen MR) is 96.3 cm³/mol. The molecule has 0 amide bonds. The lowest BCUT2D eigenvalue weighted by molar-refractivity contribution is -0.544. The SMILES string of the molecule is CCCCCCCCCCNC(=NCCCO)[NH2+]CCCC.[Cl-]. The van der Waals surface area contributed by atoms with Crippen LogP contribution in [0.1, 0.15) is 84.5 Å². The Labute approximate surface area is 150 Å². The van der Waals surface area contributed by atoms with E-state index in [4.69, 9.17) is 5.11 Å². The van der Waals surface area contributed by atoms with Gasteiger partial charge >= 0.3 is 0 Å². The number of unbranched alkanes of at least 4 members (excludes halogenated alkanes) is 8. The average molecular weight is 350 g/mol. The Morgan fingerprint density at radius 1 is 0.870 bits per heavy atom. The zero-order valence-electron chi connectivity index (χ0n) is 15.5. The smallest absolute Gasteiger partial charge is 0.294 e. The second-order valence-electron chi connectivity index (χ2n) is 6.09. The Kier molecular flexibility index (Phi) is 23.5. The zero-order valence-corrected chi connectivity index (χ0v) is 16.2. The third-order valence-electron chi connectivity index (χ3n) is 3.83. The summed E-state index contributed by atoms with van der Waals surface area (Å²) >= 11 is 0. The van der Waals surface area contributed by atoms with Crippen LogP contribution in [0.25, 0.3) is 0 Å². The number of nitrogens with one attached hydrogen (secondary N) is 1. The highest BCUT2D eigenvalue weighted by atomic mass is 35.5. The van der Waals surface area contributed by atoms with E-state index in [1.807, 2.05) is 0 Å². The highest BCUT2D eigenvalue weighted by Crippen LogP contribution is 2.07. The van der Waals surface area contributed by atoms with E-state index < -0.39 is 0 Å². The minimum Gasteiger partial charge on any atom is -1.00 e. The summed E-state index contributed by atoms with van der Waals surface area (Å²) < 4.78 is 0. The van der Waals surface area contributed by atoms with Crippen molar-refractivity contribution in [3.8, 4) is 0 Å². The number of nitrogens with zero attached hydrogens (tertiary/aromatic N) is 1. The van der Waals surface area contributed by atoms with Crippen molar-refractivity contribution in [1.82, 2.24) is 5.32 Å². The van der Waals surface area contributed by atoms with Gasteiger partial charge in [0, 0.05) is 19.7 Å². The van der Waals surface area contributed by atoms with E-state index in [1.54, 1.807) is 0 Å². The van der Waals surface area contributed by atoms with Crippen LogP contribution in [0.4, 0.5) is 0 Å². The Bertz CT molecular complexity index is 250. The van der Waals surface area contributed by atoms with Crippen LogP contribution in [0.5, 0.6) is 0 Å². The maximum Gasteiger partial charge on any atom is 0.294 e. The maximum absolute atomic E-state index is 8.84. The minimum absolute atomic E-state index is 0. The normalized spacial score (nSPS) is 11.3. The fourth-order valence-corrected chi connectivity index (χ4v) is 2.38. The van der Waals surface area contributed by atoms with Crippen LogP contribution in [0.3, 0.4) is 0 Å². The van der Waals surface area contributed by atoms with Crippen molar-refractivity contribution in [3.63, 3.8) is 0 Å². The fourth-order valence-electron chi connectivity index (χ4n) is 2.38. The summed E-state index contributed by atoms with van der Waals surface area (Å²) in [6.45, 7) is 7.55. The lowest BCUT2D eigenvalue weighted by atomic mass is 10.1. The zero-order chi connectivity index (χ0) is 16.3. The molecule has 0 aromatic heterocycles. The van der Waals surface area contributed by atoms with Gasteiger partial charge in [-0.05, 0) is 19.3 Å². The van der Waals surface area contributed by atoms with Crippen molar-refractivity contribution in [2.45, 2.75) is 84.5 Å². The molecule has 0 unspecified atom stereocenters. The van der Waals surface area contributed by atoms with Gasteiger partial charge in [-0.15, -0.1) is 0 Å². The number of aliphatic hydroxyl groups is 1. The molecule has 5 heteroatoms. The highest BCUT2D eigenvalue weighted by Gasteiger charge is 2.02. The average Bonchev–Trinajstić information content (AvgIpc) is 2.53. The molecule has 0 aliphatic rings. The summed E-state index contributed by atoms with van der Waals surface area (Å²) in [5.74, 6) is 1.03. The van der Waals surface area contributed by atoms with Crippen LogP contribution < -0.4 is 23.0 Å². The van der Waals surface area contributed by atoms with Crippen LogP contribution in [-0.4, -0.2) is 37.3 Å². The maximum atomic E-state index is 8.84. The van der Waals surface area contributed by atoms with Gasteiger partial charge in [-0.25, -0.2) is 4.99 Å². The number of nitrogens with two attached hydrogens (primary N) is 1. The molecule has 0 saturated carbocycles. The van der Waals surface area contributed by atoms with Gasteiger partial charge in [-0.3, -0.25) is 5.32 Å². The first-order chi connectivity index (χ1) is 10.8. The summed E-state index contributed by atoms with van der Waals surface area (Å²) in [5, 5.41) is 14.5. The van der Waals surface area contributed by atoms with Crippen molar-refractivity contribution in [2.75, 3.05) is 26.2 Å². The molecule has 0 aliphatic heterocycles. The molecule has 0 aromatic rings. The second kappa shape index (κ2) is 21.7. The lowest BCUT2D eigenvalue weighted by Gasteiger charge is -2.08. The van der Waals surface area contributed by atoms with Crippen molar-refractivity contribution < 1.29 is 22.8 Å². The van der Waals surface area contributed by atoms with Crippen LogP contribution >= 0.6 is 0 Å². The number of hydrogen-bond donors (Lipinski definition) is 3. The van der Waals surface area contributed by atoms with Crippen molar-refractivity contribution in [1.29, 1.82) is 0 Å². The highest BCUT2D eigenvalue weighted by molar-refractivity contribution is 5.69. The number of rotatable bonds is 15. The Morgan fingerprint density at radius 2 is 1.48 bits per heavy atom. The van der Waals surface area contributed by atoms with Crippen LogP contribution in [0, 0.1) is 0 Å². The number of quaternary nitrogens is 1. The van der Waals surface area contributed by atoms with E-state index in [9.17, 15) is 0 Å². The Morgan fingerprint density at radius 3 is 2.09 bits per heavy atom. The van der Waals surface area contributed by atoms with E-state index >= 15 is 0 Å². The van der Waals surface area contributed by atoms with Crippen molar-refractivity contribution >= 4 is 5.96 Å².